The van der Waals surface area contributed by atoms with Crippen LogP contribution in [0.15, 0.2) is 0 Å². The molecule has 0 radical (unpaired) electrons. The molecule has 0 saturated carbocycles. The van der Waals surface area contributed by atoms with E-state index in [-0.39, 0.29) is 6.54 Å². The van der Waals surface area contributed by atoms with Crippen LogP contribution in [0, 0.1) is 0 Å². The molecule has 0 bridgehead atoms. The lowest BCUT2D eigenvalue weighted by atomic mass is 10.3. The first kappa shape index (κ1) is 15.8. The number of ether oxygens (including phenoxy) is 2. The van der Waals surface area contributed by atoms with Crippen molar-refractivity contribution in [1.29, 1.82) is 0 Å². The fraction of sp³-hybridized carbons (Fsp3) is 1.00. The van der Waals surface area contributed by atoms with Crippen molar-refractivity contribution >= 4 is 10.0 Å². The molecule has 0 heterocycles. The Hall–Kier alpha value is -0.170. The van der Waals surface area contributed by atoms with Crippen LogP contribution in [0.3, 0.4) is 0 Å². The smallest absolute Gasteiger partial charge is 0.216 e. The van der Waals surface area contributed by atoms with Crippen molar-refractivity contribution in [3.8, 4) is 0 Å². The maximum atomic E-state index is 11.7. The van der Waals surface area contributed by atoms with Gasteiger partial charge in [0.15, 0.2) is 6.29 Å². The van der Waals surface area contributed by atoms with Crippen LogP contribution in [0.25, 0.3) is 0 Å². The third-order valence-corrected chi connectivity index (χ3v) is 4.11. The summed E-state index contributed by atoms with van der Waals surface area (Å²) in [7, 11) is -3.34. The summed E-state index contributed by atoms with van der Waals surface area (Å²) in [6.45, 7) is 9.72. The maximum absolute atomic E-state index is 11.7. The number of sulfonamides is 1. The van der Waals surface area contributed by atoms with E-state index in [0.717, 1.165) is 0 Å². The predicted molar refractivity (Wildman–Crippen MR) is 63.7 cm³/mol. The topological polar surface area (TPSA) is 64.6 Å². The molecular formula is C10H23NO4S. The van der Waals surface area contributed by atoms with Crippen LogP contribution in [0.4, 0.5) is 0 Å². The molecule has 0 unspecified atom stereocenters. The molecule has 0 atom stereocenters. The lowest BCUT2D eigenvalue weighted by Crippen LogP contribution is -2.43. The van der Waals surface area contributed by atoms with Crippen molar-refractivity contribution < 1.29 is 17.9 Å². The molecule has 0 spiro atoms. The average Bonchev–Trinajstić information content (AvgIpc) is 2.13. The molecule has 98 valence electrons. The van der Waals surface area contributed by atoms with Crippen molar-refractivity contribution in [2.75, 3.05) is 19.8 Å². The summed E-state index contributed by atoms with van der Waals surface area (Å²) >= 11 is 0. The largest absolute Gasteiger partial charge is 0.352 e. The average molecular weight is 253 g/mol. The van der Waals surface area contributed by atoms with Crippen LogP contribution in [-0.4, -0.2) is 39.2 Å². The molecule has 0 aliphatic rings. The highest BCUT2D eigenvalue weighted by Gasteiger charge is 2.29. The SMILES string of the molecule is CCOC(CNS(=O)(=O)C(C)(C)C)OCC. The van der Waals surface area contributed by atoms with Crippen molar-refractivity contribution in [2.24, 2.45) is 0 Å². The van der Waals surface area contributed by atoms with E-state index < -0.39 is 21.1 Å². The summed E-state index contributed by atoms with van der Waals surface area (Å²) in [6.07, 6.45) is -0.521. The minimum Gasteiger partial charge on any atom is -0.352 e. The van der Waals surface area contributed by atoms with Gasteiger partial charge in [0.05, 0.1) is 11.3 Å². The van der Waals surface area contributed by atoms with Crippen molar-refractivity contribution in [1.82, 2.24) is 4.72 Å². The maximum Gasteiger partial charge on any atom is 0.216 e. The zero-order valence-electron chi connectivity index (χ0n) is 10.7. The third-order valence-electron chi connectivity index (χ3n) is 1.95. The molecule has 0 aromatic rings. The first-order valence-corrected chi connectivity index (χ1v) is 6.95. The monoisotopic (exact) mass is 253 g/mol. The zero-order chi connectivity index (χ0) is 12.8. The lowest BCUT2D eigenvalue weighted by molar-refractivity contribution is -0.130. The molecular weight excluding hydrogens is 230 g/mol. The van der Waals surface area contributed by atoms with Gasteiger partial charge in [0.2, 0.25) is 10.0 Å². The van der Waals surface area contributed by atoms with E-state index in [1.807, 2.05) is 13.8 Å². The van der Waals surface area contributed by atoms with E-state index in [4.69, 9.17) is 9.47 Å². The van der Waals surface area contributed by atoms with Crippen LogP contribution in [0.1, 0.15) is 34.6 Å². The van der Waals surface area contributed by atoms with Gasteiger partial charge < -0.3 is 9.47 Å². The van der Waals surface area contributed by atoms with Gasteiger partial charge in [-0.2, -0.15) is 0 Å². The van der Waals surface area contributed by atoms with Crippen LogP contribution < -0.4 is 4.72 Å². The van der Waals surface area contributed by atoms with Crippen LogP contribution in [-0.2, 0) is 19.5 Å². The standard InChI is InChI=1S/C10H23NO4S/c1-6-14-9(15-7-2)8-11-16(12,13)10(3,4)5/h9,11H,6-8H2,1-5H3. The molecule has 0 aliphatic heterocycles. The molecule has 0 aromatic carbocycles. The fourth-order valence-corrected chi connectivity index (χ4v) is 1.72. The van der Waals surface area contributed by atoms with Gasteiger partial charge in [-0.1, -0.05) is 0 Å². The second-order valence-electron chi connectivity index (χ2n) is 4.30. The van der Waals surface area contributed by atoms with E-state index in [0.29, 0.717) is 13.2 Å². The Kier molecular flexibility index (Phi) is 6.47. The van der Waals surface area contributed by atoms with Gasteiger partial charge in [0.25, 0.3) is 0 Å². The molecule has 0 saturated heterocycles. The summed E-state index contributed by atoms with van der Waals surface area (Å²) in [5.74, 6) is 0. The summed E-state index contributed by atoms with van der Waals surface area (Å²) in [4.78, 5) is 0. The summed E-state index contributed by atoms with van der Waals surface area (Å²) in [5.41, 5.74) is 0. The van der Waals surface area contributed by atoms with Crippen molar-refractivity contribution in [3.63, 3.8) is 0 Å². The molecule has 0 aliphatic carbocycles. The van der Waals surface area contributed by atoms with Crippen LogP contribution >= 0.6 is 0 Å². The minimum atomic E-state index is -3.34. The van der Waals surface area contributed by atoms with E-state index in [9.17, 15) is 8.42 Å². The highest BCUT2D eigenvalue weighted by molar-refractivity contribution is 7.90. The lowest BCUT2D eigenvalue weighted by Gasteiger charge is -2.22. The zero-order valence-corrected chi connectivity index (χ0v) is 11.6. The first-order chi connectivity index (χ1) is 7.24. The predicted octanol–water partition coefficient (Wildman–Crippen LogP) is 1.10. The fourth-order valence-electron chi connectivity index (χ4n) is 0.932. The Morgan fingerprint density at radius 1 is 1.12 bits per heavy atom. The quantitative estimate of drug-likeness (QED) is 0.690. The van der Waals surface area contributed by atoms with Crippen LogP contribution in [0.2, 0.25) is 0 Å². The van der Waals surface area contributed by atoms with Gasteiger partial charge >= 0.3 is 0 Å². The van der Waals surface area contributed by atoms with Gasteiger partial charge in [0, 0.05) is 13.2 Å². The van der Waals surface area contributed by atoms with Crippen molar-refractivity contribution in [3.05, 3.63) is 0 Å². The van der Waals surface area contributed by atoms with Gasteiger partial charge in [-0.05, 0) is 34.6 Å². The molecule has 0 rings (SSSR count). The first-order valence-electron chi connectivity index (χ1n) is 5.47. The Labute approximate surface area is 98.6 Å². The van der Waals surface area contributed by atoms with Gasteiger partial charge in [0.1, 0.15) is 0 Å². The summed E-state index contributed by atoms with van der Waals surface area (Å²) in [6, 6.07) is 0. The molecule has 5 nitrogen and oxygen atoms in total. The molecule has 0 amide bonds. The molecule has 1 N–H and O–H groups in total. The number of rotatable bonds is 7. The van der Waals surface area contributed by atoms with Gasteiger partial charge in [-0.15, -0.1) is 0 Å². The number of hydrogen-bond acceptors (Lipinski definition) is 4. The number of nitrogens with one attached hydrogen (secondary N) is 1. The Morgan fingerprint density at radius 2 is 1.56 bits per heavy atom. The second kappa shape index (κ2) is 6.54. The van der Waals surface area contributed by atoms with Gasteiger partial charge in [-0.25, -0.2) is 13.1 Å². The normalized spacial score (nSPS) is 13.4. The Morgan fingerprint density at radius 3 is 1.88 bits per heavy atom. The highest BCUT2D eigenvalue weighted by Crippen LogP contribution is 2.13. The van der Waals surface area contributed by atoms with E-state index in [2.05, 4.69) is 4.72 Å². The van der Waals surface area contributed by atoms with Crippen LogP contribution in [0.5, 0.6) is 0 Å². The number of hydrogen-bond donors (Lipinski definition) is 1. The molecule has 16 heavy (non-hydrogen) atoms. The molecule has 0 aromatic heterocycles. The third kappa shape index (κ3) is 5.25. The van der Waals surface area contributed by atoms with E-state index >= 15 is 0 Å². The molecule has 0 fully saturated rings. The van der Waals surface area contributed by atoms with Gasteiger partial charge in [-0.3, -0.25) is 0 Å². The van der Waals surface area contributed by atoms with E-state index in [1.54, 1.807) is 20.8 Å². The Balaban J connectivity index is 4.30. The molecule has 6 heteroatoms. The minimum absolute atomic E-state index is 0.140. The summed E-state index contributed by atoms with van der Waals surface area (Å²) in [5, 5.41) is 0. The van der Waals surface area contributed by atoms with Crippen molar-refractivity contribution in [2.45, 2.75) is 45.7 Å². The Bertz CT molecular complexity index is 276. The summed E-state index contributed by atoms with van der Waals surface area (Å²) < 4.78 is 35.6. The second-order valence-corrected chi connectivity index (χ2v) is 6.82. The highest BCUT2D eigenvalue weighted by atomic mass is 32.2. The van der Waals surface area contributed by atoms with E-state index in [1.165, 1.54) is 0 Å².